The Labute approximate surface area is 225 Å². The smallest absolute Gasteiger partial charge is 0.240 e. The van der Waals surface area contributed by atoms with Crippen LogP contribution >= 0.6 is 0 Å². The summed E-state index contributed by atoms with van der Waals surface area (Å²) in [7, 11) is -0.385. The number of aromatic nitrogens is 2. The fourth-order valence-corrected chi connectivity index (χ4v) is 5.43. The summed E-state index contributed by atoms with van der Waals surface area (Å²) >= 11 is 0. The van der Waals surface area contributed by atoms with Crippen LogP contribution in [0.2, 0.25) is 0 Å². The first kappa shape index (κ1) is 27.4. The highest BCUT2D eigenvalue weighted by Gasteiger charge is 2.19. The molecule has 0 saturated heterocycles. The second-order valence-corrected chi connectivity index (χ2v) is 10.9. The van der Waals surface area contributed by atoms with Gasteiger partial charge in [-0.3, -0.25) is 5.10 Å². The molecule has 200 valence electrons. The first-order valence-corrected chi connectivity index (χ1v) is 14.4. The number of H-pyrrole nitrogens is 1. The number of ether oxygens (including phenoxy) is 2. The maximum atomic E-state index is 13.0. The number of rotatable bonds is 13. The average Bonchev–Trinajstić information content (AvgIpc) is 3.37. The molecule has 0 radical (unpaired) electrons. The number of nitrogens with zero attached hydrogens (tertiary/aromatic N) is 1. The lowest BCUT2D eigenvalue weighted by Crippen LogP contribution is -2.26. The fraction of sp³-hybridized carbons (Fsp3) is 0.300. The molecule has 1 aromatic heterocycles. The lowest BCUT2D eigenvalue weighted by Gasteiger charge is -2.10. The molecule has 0 amide bonds. The third kappa shape index (κ3) is 6.62. The van der Waals surface area contributed by atoms with Gasteiger partial charge in [-0.1, -0.05) is 31.9 Å². The number of aromatic amines is 1. The molecule has 1 heterocycles. The van der Waals surface area contributed by atoms with Crippen molar-refractivity contribution in [3.63, 3.8) is 0 Å². The summed E-state index contributed by atoms with van der Waals surface area (Å²) in [4.78, 5) is 0.273. The maximum absolute atomic E-state index is 13.0. The number of benzene rings is 3. The van der Waals surface area contributed by atoms with Gasteiger partial charge in [0.15, 0.2) is 0 Å². The highest BCUT2D eigenvalue weighted by atomic mass is 32.2. The summed E-state index contributed by atoms with van der Waals surface area (Å²) in [6.45, 7) is 2.40. The summed E-state index contributed by atoms with van der Waals surface area (Å²) in [5.74, 6) is 1.51. The van der Waals surface area contributed by atoms with E-state index in [-0.39, 0.29) is 11.4 Å². The zero-order valence-corrected chi connectivity index (χ0v) is 23.0. The van der Waals surface area contributed by atoms with E-state index < -0.39 is 10.0 Å². The Kier molecular flexibility index (Phi) is 9.20. The lowest BCUT2D eigenvalue weighted by atomic mass is 9.99. The van der Waals surface area contributed by atoms with Crippen LogP contribution in [0.4, 0.5) is 0 Å². The Bertz CT molecular complexity index is 1350. The van der Waals surface area contributed by atoms with Gasteiger partial charge in [-0.05, 0) is 85.5 Å². The van der Waals surface area contributed by atoms with Gasteiger partial charge in [0.05, 0.1) is 30.5 Å². The summed E-state index contributed by atoms with van der Waals surface area (Å²) in [5.41, 5.74) is 5.55. The normalized spacial score (nSPS) is 11.4. The zero-order chi connectivity index (χ0) is 27.0. The van der Waals surface area contributed by atoms with Gasteiger partial charge < -0.3 is 9.47 Å². The minimum absolute atomic E-state index is 0.229. The Hall–Kier alpha value is -3.62. The van der Waals surface area contributed by atoms with Gasteiger partial charge >= 0.3 is 0 Å². The van der Waals surface area contributed by atoms with E-state index in [1.54, 1.807) is 26.4 Å². The van der Waals surface area contributed by atoms with Gasteiger partial charge in [-0.2, -0.15) is 5.10 Å². The summed E-state index contributed by atoms with van der Waals surface area (Å²) in [6.07, 6.45) is 4.86. The molecule has 0 unspecified atom stereocenters. The predicted molar refractivity (Wildman–Crippen MR) is 151 cm³/mol. The predicted octanol–water partition coefficient (Wildman–Crippen LogP) is 6.01. The van der Waals surface area contributed by atoms with E-state index in [9.17, 15) is 8.42 Å². The average molecular weight is 534 g/mol. The molecule has 4 aromatic rings. The molecule has 0 aliphatic rings. The molecule has 0 aliphatic carbocycles. The van der Waals surface area contributed by atoms with E-state index in [1.807, 2.05) is 60.7 Å². The molecular weight excluding hydrogens is 498 g/mol. The van der Waals surface area contributed by atoms with Crippen LogP contribution < -0.4 is 14.2 Å². The summed E-state index contributed by atoms with van der Waals surface area (Å²) < 4.78 is 39.4. The summed E-state index contributed by atoms with van der Waals surface area (Å²) in [5, 5.41) is 7.76. The number of hydrogen-bond acceptors (Lipinski definition) is 5. The molecule has 7 nitrogen and oxygen atoms in total. The molecule has 0 saturated carbocycles. The van der Waals surface area contributed by atoms with E-state index in [2.05, 4.69) is 21.8 Å². The SMILES string of the molecule is CCCCCc1ccc(S(=O)(=O)NCCc2c(-c3ccc(OC)cc3)n[nH]c2-c2ccc(OC)cc2)cc1. The van der Waals surface area contributed by atoms with Crippen LogP contribution in [0.3, 0.4) is 0 Å². The first-order chi connectivity index (χ1) is 18.4. The van der Waals surface area contributed by atoms with Crippen molar-refractivity contribution in [2.45, 2.75) is 43.9 Å². The monoisotopic (exact) mass is 533 g/mol. The minimum Gasteiger partial charge on any atom is -0.497 e. The minimum atomic E-state index is -3.64. The largest absolute Gasteiger partial charge is 0.497 e. The molecule has 0 spiro atoms. The van der Waals surface area contributed by atoms with Gasteiger partial charge in [-0.25, -0.2) is 13.1 Å². The molecule has 4 rings (SSSR count). The van der Waals surface area contributed by atoms with Crippen LogP contribution in [-0.2, 0) is 22.9 Å². The van der Waals surface area contributed by atoms with Crippen LogP contribution in [0, 0.1) is 0 Å². The molecule has 0 aliphatic heterocycles. The van der Waals surface area contributed by atoms with Crippen LogP contribution in [0.1, 0.15) is 37.3 Å². The van der Waals surface area contributed by atoms with E-state index in [4.69, 9.17) is 9.47 Å². The topological polar surface area (TPSA) is 93.3 Å². The highest BCUT2D eigenvalue weighted by molar-refractivity contribution is 7.89. The third-order valence-corrected chi connectivity index (χ3v) is 8.06. The van der Waals surface area contributed by atoms with Crippen molar-refractivity contribution in [2.75, 3.05) is 20.8 Å². The molecule has 0 bridgehead atoms. The van der Waals surface area contributed by atoms with Gasteiger partial charge in [0.2, 0.25) is 10.0 Å². The van der Waals surface area contributed by atoms with E-state index >= 15 is 0 Å². The van der Waals surface area contributed by atoms with Gasteiger partial charge in [0.1, 0.15) is 11.5 Å². The van der Waals surface area contributed by atoms with Crippen molar-refractivity contribution in [3.8, 4) is 34.0 Å². The molecule has 0 atom stereocenters. The number of unbranched alkanes of at least 4 members (excludes halogenated alkanes) is 2. The number of aryl methyl sites for hydroxylation is 1. The van der Waals surface area contributed by atoms with Crippen LogP contribution in [0.15, 0.2) is 77.7 Å². The standard InChI is InChI=1S/C30H35N3O4S/c1-4-5-6-7-22-8-18-27(19-9-22)38(34,35)31-21-20-28-29(23-10-14-25(36-2)15-11-23)32-33-30(28)24-12-16-26(37-3)17-13-24/h8-19,31H,4-7,20-21H2,1-3H3,(H,32,33). The number of nitrogens with one attached hydrogen (secondary N) is 2. The van der Waals surface area contributed by atoms with Crippen LogP contribution in [0.5, 0.6) is 11.5 Å². The van der Waals surface area contributed by atoms with Crippen molar-refractivity contribution < 1.29 is 17.9 Å². The molecular formula is C30H35N3O4S. The second kappa shape index (κ2) is 12.8. The Morgan fingerprint density at radius 2 is 1.39 bits per heavy atom. The van der Waals surface area contributed by atoms with Crippen LogP contribution in [-0.4, -0.2) is 39.4 Å². The Balaban J connectivity index is 1.54. The zero-order valence-electron chi connectivity index (χ0n) is 22.2. The summed E-state index contributed by atoms with van der Waals surface area (Å²) in [6, 6.07) is 22.5. The van der Waals surface area contributed by atoms with Gasteiger partial charge in [0, 0.05) is 23.2 Å². The van der Waals surface area contributed by atoms with Crippen molar-refractivity contribution >= 4 is 10.0 Å². The van der Waals surface area contributed by atoms with Crippen molar-refractivity contribution in [2.24, 2.45) is 0 Å². The molecule has 38 heavy (non-hydrogen) atoms. The maximum Gasteiger partial charge on any atom is 0.240 e. The first-order valence-electron chi connectivity index (χ1n) is 12.9. The van der Waals surface area contributed by atoms with Crippen molar-refractivity contribution in [1.82, 2.24) is 14.9 Å². The lowest BCUT2D eigenvalue weighted by molar-refractivity contribution is 0.415. The number of hydrogen-bond donors (Lipinski definition) is 2. The van der Waals surface area contributed by atoms with Gasteiger partial charge in [-0.15, -0.1) is 0 Å². The van der Waals surface area contributed by atoms with Gasteiger partial charge in [0.25, 0.3) is 0 Å². The molecule has 0 fully saturated rings. The molecule has 2 N–H and O–H groups in total. The molecule has 8 heteroatoms. The Morgan fingerprint density at radius 3 is 1.97 bits per heavy atom. The van der Waals surface area contributed by atoms with E-state index in [1.165, 1.54) is 6.42 Å². The number of methoxy groups -OCH3 is 2. The van der Waals surface area contributed by atoms with Crippen LogP contribution in [0.25, 0.3) is 22.5 Å². The number of sulfonamides is 1. The second-order valence-electron chi connectivity index (χ2n) is 9.13. The van der Waals surface area contributed by atoms with E-state index in [0.29, 0.717) is 6.42 Å². The third-order valence-electron chi connectivity index (χ3n) is 6.58. The van der Waals surface area contributed by atoms with Crippen molar-refractivity contribution in [3.05, 3.63) is 83.9 Å². The van der Waals surface area contributed by atoms with Crippen molar-refractivity contribution in [1.29, 1.82) is 0 Å². The Morgan fingerprint density at radius 1 is 0.789 bits per heavy atom. The van der Waals surface area contributed by atoms with E-state index in [0.717, 1.165) is 64.4 Å². The molecule has 3 aromatic carbocycles. The quantitative estimate of drug-likeness (QED) is 0.205. The highest BCUT2D eigenvalue weighted by Crippen LogP contribution is 2.32. The fourth-order valence-electron chi connectivity index (χ4n) is 4.40.